The number of hydrogen-bond acceptors (Lipinski definition) is 6. The van der Waals surface area contributed by atoms with Crippen LogP contribution in [0.5, 0.6) is 5.75 Å². The lowest BCUT2D eigenvalue weighted by atomic mass is 10.2. The molecule has 3 aromatic carbocycles. The van der Waals surface area contributed by atoms with Gasteiger partial charge in [0.1, 0.15) is 10.6 Å². The lowest BCUT2D eigenvalue weighted by molar-refractivity contribution is -0.384. The van der Waals surface area contributed by atoms with E-state index in [1.165, 1.54) is 42.5 Å². The Bertz CT molecular complexity index is 1260. The van der Waals surface area contributed by atoms with Crippen LogP contribution < -0.4 is 9.04 Å². The molecule has 3 rings (SSSR count). The van der Waals surface area contributed by atoms with Gasteiger partial charge in [0.2, 0.25) is 0 Å². The first-order chi connectivity index (χ1) is 15.2. The molecule has 0 atom stereocenters. The summed E-state index contributed by atoms with van der Waals surface area (Å²) in [6.45, 7) is 3.60. The zero-order chi connectivity index (χ0) is 23.3. The summed E-state index contributed by atoms with van der Waals surface area (Å²) >= 11 is 6.18. The Morgan fingerprint density at radius 2 is 1.75 bits per heavy atom. The van der Waals surface area contributed by atoms with Crippen LogP contribution in [0, 0.1) is 10.1 Å². The predicted octanol–water partition coefficient (Wildman–Crippen LogP) is 4.85. The number of carbonyl (C=O) groups is 1. The number of nitrogens with zero attached hydrogens (tertiary/aromatic N) is 2. The summed E-state index contributed by atoms with van der Waals surface area (Å²) in [4.78, 5) is 22.5. The fourth-order valence-electron chi connectivity index (χ4n) is 2.80. The molecule has 0 bridgehead atoms. The minimum absolute atomic E-state index is 0.0137. The van der Waals surface area contributed by atoms with E-state index in [0.29, 0.717) is 5.69 Å². The zero-order valence-corrected chi connectivity index (χ0v) is 18.1. The van der Waals surface area contributed by atoms with E-state index < -0.39 is 20.9 Å². The van der Waals surface area contributed by atoms with Crippen molar-refractivity contribution in [1.29, 1.82) is 0 Å². The van der Waals surface area contributed by atoms with Gasteiger partial charge in [-0.3, -0.25) is 14.4 Å². The topological polar surface area (TPSA) is 107 Å². The zero-order valence-electron chi connectivity index (χ0n) is 16.5. The summed E-state index contributed by atoms with van der Waals surface area (Å²) < 4.78 is 33.0. The average Bonchev–Trinajstić information content (AvgIpc) is 2.78. The molecule has 0 radical (unpaired) electrons. The van der Waals surface area contributed by atoms with Crippen LogP contribution in [0.25, 0.3) is 0 Å². The molecule has 8 nitrogen and oxygen atoms in total. The summed E-state index contributed by atoms with van der Waals surface area (Å²) in [6.07, 6.45) is 1.44. The normalized spacial score (nSPS) is 10.9. The van der Waals surface area contributed by atoms with E-state index in [1.807, 2.05) is 0 Å². The fourth-order valence-corrected chi connectivity index (χ4v) is 4.74. The van der Waals surface area contributed by atoms with Gasteiger partial charge in [0, 0.05) is 12.1 Å². The second-order valence-electron chi connectivity index (χ2n) is 6.45. The Hall–Kier alpha value is -3.69. The van der Waals surface area contributed by atoms with Gasteiger partial charge in [0.05, 0.1) is 27.7 Å². The van der Waals surface area contributed by atoms with Crippen LogP contribution >= 0.6 is 11.6 Å². The van der Waals surface area contributed by atoms with Gasteiger partial charge >= 0.3 is 5.97 Å². The van der Waals surface area contributed by atoms with Crippen LogP contribution in [0.1, 0.15) is 10.4 Å². The standard InChI is InChI=1S/C22H17ClN2O6S/c1-2-14-24(17-6-4-3-5-7-17)32(29,30)21-15-16(8-13-20(21)23)22(26)31-19-11-9-18(10-12-19)25(27)28/h2-13,15H,1,14H2. The molecule has 164 valence electrons. The summed E-state index contributed by atoms with van der Waals surface area (Å²) in [5, 5.41) is 10.7. The third kappa shape index (κ3) is 4.96. The van der Waals surface area contributed by atoms with E-state index in [2.05, 4.69) is 6.58 Å². The molecule has 0 saturated heterocycles. The Morgan fingerprint density at radius 3 is 2.34 bits per heavy atom. The number of rotatable bonds is 8. The first-order valence-electron chi connectivity index (χ1n) is 9.19. The largest absolute Gasteiger partial charge is 0.423 e. The van der Waals surface area contributed by atoms with E-state index in [9.17, 15) is 23.3 Å². The number of ether oxygens (including phenoxy) is 1. The number of para-hydroxylation sites is 1. The van der Waals surface area contributed by atoms with Crippen molar-refractivity contribution in [1.82, 2.24) is 0 Å². The number of anilines is 1. The molecule has 0 heterocycles. The van der Waals surface area contributed by atoms with Crippen molar-refractivity contribution in [3.05, 3.63) is 106 Å². The molecule has 0 aliphatic rings. The number of hydrogen-bond donors (Lipinski definition) is 0. The van der Waals surface area contributed by atoms with Crippen LogP contribution in [0.4, 0.5) is 11.4 Å². The first kappa shape index (κ1) is 23.0. The number of esters is 1. The number of halogens is 1. The van der Waals surface area contributed by atoms with Gasteiger partial charge in [-0.2, -0.15) is 0 Å². The van der Waals surface area contributed by atoms with Gasteiger partial charge in [-0.15, -0.1) is 6.58 Å². The maximum atomic E-state index is 13.4. The van der Waals surface area contributed by atoms with Crippen molar-refractivity contribution < 1.29 is 22.9 Å². The maximum Gasteiger partial charge on any atom is 0.343 e. The predicted molar refractivity (Wildman–Crippen MR) is 121 cm³/mol. The molecule has 10 heteroatoms. The molecule has 0 N–H and O–H groups in total. The highest BCUT2D eigenvalue weighted by atomic mass is 35.5. The molecule has 0 aromatic heterocycles. The SMILES string of the molecule is C=CCN(c1ccccc1)S(=O)(=O)c1cc(C(=O)Oc2ccc([N+](=O)[O-])cc2)ccc1Cl. The third-order valence-electron chi connectivity index (χ3n) is 4.33. The van der Waals surface area contributed by atoms with Crippen molar-refractivity contribution in [2.24, 2.45) is 0 Å². The molecule has 0 saturated carbocycles. The number of sulfonamides is 1. The number of carbonyl (C=O) groups excluding carboxylic acids is 1. The van der Waals surface area contributed by atoms with Crippen molar-refractivity contribution in [2.75, 3.05) is 10.8 Å². The second-order valence-corrected chi connectivity index (χ2v) is 8.68. The highest BCUT2D eigenvalue weighted by Gasteiger charge is 2.28. The van der Waals surface area contributed by atoms with Crippen LogP contribution in [-0.4, -0.2) is 25.9 Å². The van der Waals surface area contributed by atoms with Crippen LogP contribution in [0.15, 0.2) is 90.3 Å². The van der Waals surface area contributed by atoms with Gasteiger partial charge in [0.25, 0.3) is 15.7 Å². The van der Waals surface area contributed by atoms with Gasteiger partial charge < -0.3 is 4.74 Å². The molecule has 0 amide bonds. The highest BCUT2D eigenvalue weighted by molar-refractivity contribution is 7.93. The lowest BCUT2D eigenvalue weighted by Gasteiger charge is -2.23. The number of benzene rings is 3. The van der Waals surface area contributed by atoms with Crippen molar-refractivity contribution in [3.8, 4) is 5.75 Å². The van der Waals surface area contributed by atoms with Gasteiger partial charge in [-0.25, -0.2) is 13.2 Å². The van der Waals surface area contributed by atoms with Gasteiger partial charge in [-0.1, -0.05) is 35.9 Å². The van der Waals surface area contributed by atoms with Crippen LogP contribution in [0.3, 0.4) is 0 Å². The molecular formula is C22H17ClN2O6S. The summed E-state index contributed by atoms with van der Waals surface area (Å²) in [6, 6.07) is 17.1. The molecule has 0 unspecified atom stereocenters. The molecule has 3 aromatic rings. The van der Waals surface area contributed by atoms with Crippen LogP contribution in [0.2, 0.25) is 5.02 Å². The second kappa shape index (κ2) is 9.63. The van der Waals surface area contributed by atoms with Gasteiger partial charge in [-0.05, 0) is 42.5 Å². The first-order valence-corrected chi connectivity index (χ1v) is 11.0. The Balaban J connectivity index is 1.94. The smallest absolute Gasteiger partial charge is 0.343 e. The lowest BCUT2D eigenvalue weighted by Crippen LogP contribution is -2.31. The number of non-ortho nitro benzene ring substituents is 1. The summed E-state index contributed by atoms with van der Waals surface area (Å²) in [7, 11) is -4.14. The summed E-state index contributed by atoms with van der Waals surface area (Å²) in [5.41, 5.74) is 0.188. The monoisotopic (exact) mass is 472 g/mol. The summed E-state index contributed by atoms with van der Waals surface area (Å²) in [5.74, 6) is -0.778. The Morgan fingerprint density at radius 1 is 1.09 bits per heavy atom. The van der Waals surface area contributed by atoms with Crippen molar-refractivity contribution in [3.63, 3.8) is 0 Å². The van der Waals surface area contributed by atoms with E-state index in [-0.39, 0.29) is 33.5 Å². The van der Waals surface area contributed by atoms with Crippen LogP contribution in [-0.2, 0) is 10.0 Å². The third-order valence-corrected chi connectivity index (χ3v) is 6.61. The Labute approximate surface area is 189 Å². The van der Waals surface area contributed by atoms with E-state index >= 15 is 0 Å². The maximum absolute atomic E-state index is 13.4. The Kier molecular flexibility index (Phi) is 6.92. The van der Waals surface area contributed by atoms with Crippen molar-refractivity contribution >= 4 is 39.0 Å². The highest BCUT2D eigenvalue weighted by Crippen LogP contribution is 2.30. The van der Waals surface area contributed by atoms with Crippen molar-refractivity contribution in [2.45, 2.75) is 4.90 Å². The molecular weight excluding hydrogens is 456 g/mol. The minimum Gasteiger partial charge on any atom is -0.423 e. The molecule has 32 heavy (non-hydrogen) atoms. The minimum atomic E-state index is -4.14. The van der Waals surface area contributed by atoms with Gasteiger partial charge in [0.15, 0.2) is 0 Å². The molecule has 0 aliphatic carbocycles. The quantitative estimate of drug-likeness (QED) is 0.152. The molecule has 0 spiro atoms. The van der Waals surface area contributed by atoms with E-state index in [0.717, 1.165) is 10.4 Å². The molecule has 0 fully saturated rings. The average molecular weight is 473 g/mol. The number of nitro groups is 1. The van der Waals surface area contributed by atoms with E-state index in [4.69, 9.17) is 16.3 Å². The number of nitro benzene ring substituents is 1. The van der Waals surface area contributed by atoms with E-state index in [1.54, 1.807) is 30.3 Å². The molecule has 0 aliphatic heterocycles. The fraction of sp³-hybridized carbons (Fsp3) is 0.0455.